The van der Waals surface area contributed by atoms with Crippen LogP contribution < -0.4 is 5.73 Å². The summed E-state index contributed by atoms with van der Waals surface area (Å²) in [5.74, 6) is 0.218. The SMILES string of the molecule is Nc1ncnc2c1ncn2[C@@H]1O[C@H](CO)[C@@H](O)[C@H]1O.[Ca+2].[H-].[H-]. The minimum atomic E-state index is -1.19. The number of imidazole rings is 1. The van der Waals surface area contributed by atoms with E-state index in [9.17, 15) is 10.2 Å². The third-order valence-electron chi connectivity index (χ3n) is 3.18. The maximum Gasteiger partial charge on any atom is 2.00 e. The monoisotopic (exact) mass is 309 g/mol. The molecule has 4 atom stereocenters. The number of nitrogen functional groups attached to an aromatic ring is 1. The number of aliphatic hydroxyl groups is 3. The summed E-state index contributed by atoms with van der Waals surface area (Å²) in [5.41, 5.74) is 6.44. The zero-order valence-electron chi connectivity index (χ0n) is 12.5. The molecule has 3 rings (SSSR count). The van der Waals surface area contributed by atoms with Gasteiger partial charge in [-0.1, -0.05) is 0 Å². The summed E-state index contributed by atoms with van der Waals surface area (Å²) in [4.78, 5) is 11.9. The van der Waals surface area contributed by atoms with Gasteiger partial charge in [-0.2, -0.15) is 0 Å². The molecule has 2 aromatic rings. The molecule has 1 fully saturated rings. The average molecular weight is 309 g/mol. The van der Waals surface area contributed by atoms with Crippen LogP contribution in [0.3, 0.4) is 0 Å². The van der Waals surface area contributed by atoms with E-state index in [4.69, 9.17) is 15.6 Å². The molecule has 0 radical (unpaired) electrons. The van der Waals surface area contributed by atoms with Gasteiger partial charge in [-0.25, -0.2) is 15.0 Å². The number of ether oxygens (including phenoxy) is 1. The smallest absolute Gasteiger partial charge is 1.00 e. The molecule has 0 spiro atoms. The molecule has 20 heavy (non-hydrogen) atoms. The minimum absolute atomic E-state index is 0. The minimum Gasteiger partial charge on any atom is -1.00 e. The van der Waals surface area contributed by atoms with Crippen molar-refractivity contribution in [1.29, 1.82) is 0 Å². The van der Waals surface area contributed by atoms with Gasteiger partial charge in [-0.3, -0.25) is 4.57 Å². The van der Waals surface area contributed by atoms with E-state index in [0.29, 0.717) is 11.2 Å². The number of aromatic nitrogens is 4. The number of hydrogen-bond donors (Lipinski definition) is 4. The fourth-order valence-electron chi connectivity index (χ4n) is 2.17. The molecule has 0 amide bonds. The van der Waals surface area contributed by atoms with Gasteiger partial charge in [0.15, 0.2) is 17.7 Å². The molecule has 1 aliphatic rings. The van der Waals surface area contributed by atoms with Crippen LogP contribution in [0.1, 0.15) is 9.08 Å². The van der Waals surface area contributed by atoms with Gasteiger partial charge >= 0.3 is 37.7 Å². The molecule has 0 saturated carbocycles. The molecule has 5 N–H and O–H groups in total. The quantitative estimate of drug-likeness (QED) is 0.461. The predicted octanol–water partition coefficient (Wildman–Crippen LogP) is -2.14. The molecule has 10 heteroatoms. The molecular weight excluding hydrogens is 294 g/mol. The first-order chi connectivity index (χ1) is 9.13. The van der Waals surface area contributed by atoms with Crippen LogP contribution in [-0.4, -0.2) is 97.5 Å². The number of anilines is 1. The fraction of sp³-hybridized carbons (Fsp3) is 0.500. The largest absolute Gasteiger partial charge is 2.00 e. The Hall–Kier alpha value is -0.550. The molecule has 2 aromatic heterocycles. The van der Waals surface area contributed by atoms with E-state index in [-0.39, 0.29) is 46.4 Å². The molecule has 9 nitrogen and oxygen atoms in total. The summed E-state index contributed by atoms with van der Waals surface area (Å²) < 4.78 is 6.85. The van der Waals surface area contributed by atoms with Crippen LogP contribution in [0.5, 0.6) is 0 Å². The molecule has 0 aromatic carbocycles. The van der Waals surface area contributed by atoms with Crippen LogP contribution in [0.2, 0.25) is 0 Å². The van der Waals surface area contributed by atoms with Gasteiger partial charge in [0.2, 0.25) is 0 Å². The second-order valence-corrected chi connectivity index (χ2v) is 4.31. The summed E-state index contributed by atoms with van der Waals surface area (Å²) >= 11 is 0. The Morgan fingerprint density at radius 1 is 1.30 bits per heavy atom. The summed E-state index contributed by atoms with van der Waals surface area (Å²) in [6, 6.07) is 0. The first-order valence-corrected chi connectivity index (χ1v) is 5.69. The number of aliphatic hydroxyl groups excluding tert-OH is 3. The summed E-state index contributed by atoms with van der Waals surface area (Å²) in [5, 5.41) is 28.7. The van der Waals surface area contributed by atoms with E-state index in [1.807, 2.05) is 0 Å². The summed E-state index contributed by atoms with van der Waals surface area (Å²) in [6.07, 6.45) is -1.42. The Kier molecular flexibility index (Phi) is 4.80. The van der Waals surface area contributed by atoms with Gasteiger partial charge in [0.05, 0.1) is 12.9 Å². The van der Waals surface area contributed by atoms with Crippen molar-refractivity contribution in [3.63, 3.8) is 0 Å². The zero-order valence-corrected chi connectivity index (χ0v) is 12.7. The molecule has 0 unspecified atom stereocenters. The van der Waals surface area contributed by atoms with Crippen molar-refractivity contribution in [2.45, 2.75) is 24.5 Å². The van der Waals surface area contributed by atoms with E-state index in [1.165, 1.54) is 17.2 Å². The van der Waals surface area contributed by atoms with Crippen LogP contribution >= 0.6 is 0 Å². The molecule has 1 saturated heterocycles. The average Bonchev–Trinajstić information content (AvgIpc) is 2.94. The summed E-state index contributed by atoms with van der Waals surface area (Å²) in [7, 11) is 0. The first-order valence-electron chi connectivity index (χ1n) is 5.69. The number of hydrogen-bond acceptors (Lipinski definition) is 8. The van der Waals surface area contributed by atoms with Crippen molar-refractivity contribution in [2.75, 3.05) is 12.3 Å². The second-order valence-electron chi connectivity index (χ2n) is 4.31. The third-order valence-corrected chi connectivity index (χ3v) is 3.18. The number of rotatable bonds is 2. The van der Waals surface area contributed by atoms with Crippen LogP contribution in [0.25, 0.3) is 11.2 Å². The topological polar surface area (TPSA) is 140 Å². The van der Waals surface area contributed by atoms with Gasteiger partial charge in [-0.05, 0) is 0 Å². The van der Waals surface area contributed by atoms with E-state index in [2.05, 4.69) is 15.0 Å². The van der Waals surface area contributed by atoms with E-state index < -0.39 is 31.1 Å². The van der Waals surface area contributed by atoms with E-state index in [1.54, 1.807) is 0 Å². The fourth-order valence-corrected chi connectivity index (χ4v) is 2.17. The third kappa shape index (κ3) is 2.39. The first kappa shape index (κ1) is 15.8. The van der Waals surface area contributed by atoms with Crippen LogP contribution in [-0.2, 0) is 4.74 Å². The van der Waals surface area contributed by atoms with Crippen molar-refractivity contribution in [1.82, 2.24) is 19.5 Å². The van der Waals surface area contributed by atoms with Gasteiger partial charge < -0.3 is 28.6 Å². The van der Waals surface area contributed by atoms with Crippen LogP contribution in [0, 0.1) is 0 Å². The van der Waals surface area contributed by atoms with Crippen molar-refractivity contribution < 1.29 is 22.9 Å². The Bertz CT molecular complexity index is 618. The zero-order chi connectivity index (χ0) is 13.6. The molecule has 0 bridgehead atoms. The van der Waals surface area contributed by atoms with Gasteiger partial charge in [0.1, 0.15) is 30.2 Å². The normalized spacial score (nSPS) is 29.6. The van der Waals surface area contributed by atoms with Crippen molar-refractivity contribution >= 4 is 54.7 Å². The van der Waals surface area contributed by atoms with Crippen molar-refractivity contribution in [3.05, 3.63) is 12.7 Å². The number of nitrogens with zero attached hydrogens (tertiary/aromatic N) is 4. The Morgan fingerprint density at radius 2 is 2.05 bits per heavy atom. The van der Waals surface area contributed by atoms with Crippen LogP contribution in [0.4, 0.5) is 5.82 Å². The van der Waals surface area contributed by atoms with Crippen LogP contribution in [0.15, 0.2) is 12.7 Å². The van der Waals surface area contributed by atoms with Crippen molar-refractivity contribution in [3.8, 4) is 0 Å². The van der Waals surface area contributed by atoms with Gasteiger partial charge in [0.25, 0.3) is 0 Å². The Morgan fingerprint density at radius 3 is 2.70 bits per heavy atom. The molecule has 0 aliphatic carbocycles. The maximum absolute atomic E-state index is 9.95. The maximum atomic E-state index is 9.95. The Labute approximate surface area is 146 Å². The number of fused-ring (bicyclic) bond motifs is 1. The second kappa shape index (κ2) is 6.06. The standard InChI is InChI=1S/C10H13N5O4.Ca.2H/c11-8-5-9(13-2-12-8)15(3-14-5)10-7(18)6(17)4(1-16)19-10;;;/h2-4,6-7,10,16-18H,1H2,(H2,11,12,13);;;/q;+2;2*-1/t4-,6-,7-,10-;;;/m1.../s1. The van der Waals surface area contributed by atoms with Gasteiger partial charge in [-0.15, -0.1) is 0 Å². The molecule has 1 aliphatic heterocycles. The predicted molar refractivity (Wildman–Crippen MR) is 70.7 cm³/mol. The van der Waals surface area contributed by atoms with Gasteiger partial charge in [0, 0.05) is 0 Å². The van der Waals surface area contributed by atoms with E-state index in [0.717, 1.165) is 0 Å². The number of nitrogens with two attached hydrogens (primary N) is 1. The summed E-state index contributed by atoms with van der Waals surface area (Å²) in [6.45, 7) is -0.390. The molecule has 106 valence electrons. The molecular formula is C10H15CaN5O4. The van der Waals surface area contributed by atoms with Crippen molar-refractivity contribution in [2.24, 2.45) is 0 Å². The Balaban J connectivity index is 0.00000147. The molecule has 3 heterocycles. The van der Waals surface area contributed by atoms with E-state index >= 15 is 0 Å².